The molecule has 5 nitrogen and oxygen atoms in total. The Hall–Kier alpha value is -2.70. The molecule has 0 bridgehead atoms. The number of Topliss-reactive ketones (excluding diaryl/α,β-unsaturated/α-hetero) is 1. The number of amides is 1. The summed E-state index contributed by atoms with van der Waals surface area (Å²) >= 11 is 1.76. The van der Waals surface area contributed by atoms with Gasteiger partial charge in [0.15, 0.2) is 5.78 Å². The Morgan fingerprint density at radius 3 is 2.39 bits per heavy atom. The van der Waals surface area contributed by atoms with E-state index in [1.807, 2.05) is 52.0 Å². The number of nitrogens with one attached hydrogen (secondary N) is 1. The molecule has 0 radical (unpaired) electrons. The molecule has 0 aliphatic heterocycles. The maximum atomic E-state index is 12.9. The molecule has 0 aliphatic rings. The Morgan fingerprint density at radius 1 is 1.03 bits per heavy atom. The van der Waals surface area contributed by atoms with E-state index < -0.39 is 0 Å². The van der Waals surface area contributed by atoms with Gasteiger partial charge in [-0.15, -0.1) is 11.3 Å². The minimum atomic E-state index is -0.117. The van der Waals surface area contributed by atoms with E-state index in [1.165, 1.54) is 4.88 Å². The fraction of sp³-hybridized carbons (Fsp3) is 0.360. The molecule has 2 aromatic heterocycles. The number of para-hydroxylation sites is 1. The molecule has 0 saturated heterocycles. The number of aromatic nitrogens is 1. The summed E-state index contributed by atoms with van der Waals surface area (Å²) in [6.45, 7) is 9.22. The number of nitrogens with zero attached hydrogens (tertiary/aromatic N) is 2. The average Bonchev–Trinajstić information content (AvgIpc) is 3.31. The third-order valence-corrected chi connectivity index (χ3v) is 6.54. The summed E-state index contributed by atoms with van der Waals surface area (Å²) in [5.74, 6) is -0.0769. The number of carbonyl (C=O) groups excluding carboxylic acids is 2. The fourth-order valence-corrected chi connectivity index (χ4v) is 4.62. The highest BCUT2D eigenvalue weighted by Crippen LogP contribution is 2.20. The van der Waals surface area contributed by atoms with E-state index in [0.29, 0.717) is 0 Å². The highest BCUT2D eigenvalue weighted by atomic mass is 32.1. The highest BCUT2D eigenvalue weighted by Gasteiger charge is 2.18. The van der Waals surface area contributed by atoms with Gasteiger partial charge in [-0.2, -0.15) is 0 Å². The number of rotatable bonds is 9. The molecule has 164 valence electrons. The molecule has 1 aromatic carbocycles. The van der Waals surface area contributed by atoms with Crippen LogP contribution in [0.2, 0.25) is 0 Å². The van der Waals surface area contributed by atoms with Gasteiger partial charge in [0.1, 0.15) is 0 Å². The van der Waals surface area contributed by atoms with Gasteiger partial charge >= 0.3 is 0 Å². The van der Waals surface area contributed by atoms with Crippen molar-refractivity contribution in [3.05, 3.63) is 74.7 Å². The summed E-state index contributed by atoms with van der Waals surface area (Å²) in [7, 11) is 1.80. The lowest BCUT2D eigenvalue weighted by Gasteiger charge is -2.17. The third kappa shape index (κ3) is 5.71. The summed E-state index contributed by atoms with van der Waals surface area (Å²) in [5, 5.41) is 5.07. The largest absolute Gasteiger partial charge is 0.348 e. The van der Waals surface area contributed by atoms with Gasteiger partial charge in [-0.05, 0) is 69.8 Å². The zero-order valence-corrected chi connectivity index (χ0v) is 19.8. The average molecular weight is 438 g/mol. The van der Waals surface area contributed by atoms with E-state index in [9.17, 15) is 9.59 Å². The second-order valence-corrected chi connectivity index (χ2v) is 9.21. The van der Waals surface area contributed by atoms with Crippen molar-refractivity contribution in [1.29, 1.82) is 0 Å². The number of thiophene rings is 1. The molecule has 0 saturated carbocycles. The molecule has 3 aromatic rings. The number of hydrogen-bond donors (Lipinski definition) is 1. The standard InChI is InChI=1S/C25H31N3O2S/c1-17-8-6-9-18(2)25(17)26-24(30)16-27(5)15-23(29)22-14-19(3)28(20(22)4)12-11-21-10-7-13-31-21/h6-10,13-14H,11-12,15-16H2,1-5H3,(H,26,30). The summed E-state index contributed by atoms with van der Waals surface area (Å²) in [6.07, 6.45) is 0.958. The SMILES string of the molecule is Cc1cccc(C)c1NC(=O)CN(C)CC(=O)c1cc(C)n(CCc2cccs2)c1C. The molecule has 1 N–H and O–H groups in total. The van der Waals surface area contributed by atoms with Gasteiger partial charge in [-0.3, -0.25) is 14.5 Å². The Morgan fingerprint density at radius 2 is 1.74 bits per heavy atom. The molecule has 3 rings (SSSR count). The summed E-state index contributed by atoms with van der Waals surface area (Å²) in [4.78, 5) is 28.5. The van der Waals surface area contributed by atoms with Crippen molar-refractivity contribution in [3.63, 3.8) is 0 Å². The van der Waals surface area contributed by atoms with Gasteiger partial charge in [0, 0.05) is 34.1 Å². The number of carbonyl (C=O) groups is 2. The predicted octanol–water partition coefficient (Wildman–Crippen LogP) is 4.78. The second kappa shape index (κ2) is 10.1. The summed E-state index contributed by atoms with van der Waals surface area (Å²) in [6, 6.07) is 12.1. The van der Waals surface area contributed by atoms with Crippen LogP contribution in [0, 0.1) is 27.7 Å². The van der Waals surface area contributed by atoms with Crippen LogP contribution in [0.1, 0.15) is 37.7 Å². The lowest BCUT2D eigenvalue weighted by atomic mass is 10.1. The third-order valence-electron chi connectivity index (χ3n) is 5.61. The van der Waals surface area contributed by atoms with Crippen molar-refractivity contribution in [3.8, 4) is 0 Å². The predicted molar refractivity (Wildman–Crippen MR) is 128 cm³/mol. The van der Waals surface area contributed by atoms with Gasteiger partial charge in [-0.25, -0.2) is 0 Å². The Balaban J connectivity index is 1.59. The molecular weight excluding hydrogens is 406 g/mol. The number of aryl methyl sites for hydroxylation is 4. The van der Waals surface area contributed by atoms with E-state index >= 15 is 0 Å². The first-order valence-corrected chi connectivity index (χ1v) is 11.4. The molecule has 2 heterocycles. The van der Waals surface area contributed by atoms with Gasteiger partial charge < -0.3 is 9.88 Å². The lowest BCUT2D eigenvalue weighted by Crippen LogP contribution is -2.34. The molecule has 31 heavy (non-hydrogen) atoms. The van der Waals surface area contributed by atoms with E-state index in [4.69, 9.17) is 0 Å². The van der Waals surface area contributed by atoms with E-state index in [0.717, 1.165) is 46.7 Å². The highest BCUT2D eigenvalue weighted by molar-refractivity contribution is 7.09. The van der Waals surface area contributed by atoms with Gasteiger partial charge in [0.25, 0.3) is 0 Å². The minimum absolute atomic E-state index is 0.0397. The fourth-order valence-electron chi connectivity index (χ4n) is 3.93. The second-order valence-electron chi connectivity index (χ2n) is 8.18. The number of hydrogen-bond acceptors (Lipinski definition) is 4. The van der Waals surface area contributed by atoms with Gasteiger partial charge in [-0.1, -0.05) is 24.3 Å². The summed E-state index contributed by atoms with van der Waals surface area (Å²) < 4.78 is 2.21. The van der Waals surface area contributed by atoms with Gasteiger partial charge in [0.2, 0.25) is 5.91 Å². The number of benzene rings is 1. The summed E-state index contributed by atoms with van der Waals surface area (Å²) in [5.41, 5.74) is 5.73. The molecule has 6 heteroatoms. The van der Waals surface area contributed by atoms with Crippen LogP contribution in [0.5, 0.6) is 0 Å². The van der Waals surface area contributed by atoms with E-state index in [-0.39, 0.29) is 24.8 Å². The van der Waals surface area contributed by atoms with Gasteiger partial charge in [0.05, 0.1) is 13.1 Å². The molecule has 0 fully saturated rings. The Kier molecular flexibility index (Phi) is 7.46. The maximum Gasteiger partial charge on any atom is 0.238 e. The van der Waals surface area contributed by atoms with Crippen molar-refractivity contribution in [1.82, 2.24) is 9.47 Å². The van der Waals surface area contributed by atoms with Crippen molar-refractivity contribution in [2.45, 2.75) is 40.7 Å². The monoisotopic (exact) mass is 437 g/mol. The smallest absolute Gasteiger partial charge is 0.238 e. The van der Waals surface area contributed by atoms with Crippen LogP contribution in [0.3, 0.4) is 0 Å². The quantitative estimate of drug-likeness (QED) is 0.490. The molecule has 1 amide bonds. The van der Waals surface area contributed by atoms with Crippen molar-refractivity contribution in [2.24, 2.45) is 0 Å². The first-order chi connectivity index (χ1) is 14.8. The Labute approximate surface area is 188 Å². The van der Waals surface area contributed by atoms with Crippen LogP contribution in [0.25, 0.3) is 0 Å². The lowest BCUT2D eigenvalue weighted by molar-refractivity contribution is -0.116. The van der Waals surface area contributed by atoms with Crippen LogP contribution >= 0.6 is 11.3 Å². The van der Waals surface area contributed by atoms with Crippen molar-refractivity contribution >= 4 is 28.7 Å². The number of ketones is 1. The zero-order valence-electron chi connectivity index (χ0n) is 19.0. The van der Waals surface area contributed by atoms with Crippen LogP contribution in [-0.4, -0.2) is 41.3 Å². The first kappa shape index (κ1) is 23.0. The molecule has 0 spiro atoms. The van der Waals surface area contributed by atoms with Crippen molar-refractivity contribution in [2.75, 3.05) is 25.5 Å². The zero-order chi connectivity index (χ0) is 22.5. The van der Waals surface area contributed by atoms with Crippen LogP contribution in [0.15, 0.2) is 41.8 Å². The van der Waals surface area contributed by atoms with Crippen molar-refractivity contribution < 1.29 is 9.59 Å². The molecular formula is C25H31N3O2S. The van der Waals surface area contributed by atoms with Crippen LogP contribution in [-0.2, 0) is 17.8 Å². The van der Waals surface area contributed by atoms with E-state index in [1.54, 1.807) is 23.3 Å². The topological polar surface area (TPSA) is 54.3 Å². The van der Waals surface area contributed by atoms with E-state index in [2.05, 4.69) is 27.4 Å². The van der Waals surface area contributed by atoms with Crippen LogP contribution in [0.4, 0.5) is 5.69 Å². The number of anilines is 1. The van der Waals surface area contributed by atoms with Crippen LogP contribution < -0.4 is 5.32 Å². The first-order valence-electron chi connectivity index (χ1n) is 10.5. The maximum absolute atomic E-state index is 12.9. The normalized spacial score (nSPS) is 11.2. The molecule has 0 aliphatic carbocycles. The molecule has 0 unspecified atom stereocenters. The number of likely N-dealkylation sites (N-methyl/N-ethyl adjacent to an activating group) is 1. The Bertz CT molecular complexity index is 1050. The minimum Gasteiger partial charge on any atom is -0.348 e. The molecule has 0 atom stereocenters.